The third-order valence-corrected chi connectivity index (χ3v) is 10.9. The fraction of sp³-hybridized carbons (Fsp3) is 0.355. The van der Waals surface area contributed by atoms with Crippen LogP contribution in [-0.2, 0) is 19.2 Å². The summed E-state index contributed by atoms with van der Waals surface area (Å²) in [6, 6.07) is 13.9. The highest BCUT2D eigenvalue weighted by Gasteiger charge is 2.76. The van der Waals surface area contributed by atoms with Crippen LogP contribution in [-0.4, -0.2) is 62.1 Å². The Labute approximate surface area is 261 Å². The number of likely N-dealkylation sites (tertiary alicyclic amines) is 1. The number of anilines is 1. The van der Waals surface area contributed by atoms with Crippen molar-refractivity contribution in [1.82, 2.24) is 4.90 Å². The Morgan fingerprint density at radius 2 is 1.69 bits per heavy atom. The lowest BCUT2D eigenvalue weighted by atomic mass is 9.56. The predicted octanol–water partition coefficient (Wildman–Crippen LogP) is 4.62. The van der Waals surface area contributed by atoms with Gasteiger partial charge in [0.2, 0.25) is 11.8 Å². The van der Waals surface area contributed by atoms with Crippen molar-refractivity contribution < 1.29 is 29.0 Å². The van der Waals surface area contributed by atoms with Crippen LogP contribution >= 0.6 is 39.1 Å². The van der Waals surface area contributed by atoms with E-state index in [9.17, 15) is 19.2 Å². The van der Waals surface area contributed by atoms with Gasteiger partial charge in [-0.1, -0.05) is 64.5 Å². The van der Waals surface area contributed by atoms with Gasteiger partial charge < -0.3 is 9.84 Å². The molecule has 11 heteroatoms. The maximum atomic E-state index is 14.1. The summed E-state index contributed by atoms with van der Waals surface area (Å²) < 4.78 is 5.51. The number of halogens is 3. The molecule has 0 radical (unpaired) electrons. The Morgan fingerprint density at radius 1 is 1.00 bits per heavy atom. The molecule has 0 aromatic heterocycles. The molecule has 2 aliphatic carbocycles. The van der Waals surface area contributed by atoms with Crippen molar-refractivity contribution in [2.75, 3.05) is 23.6 Å². The van der Waals surface area contributed by atoms with Crippen molar-refractivity contribution in [3.05, 3.63) is 77.9 Å². The van der Waals surface area contributed by atoms with E-state index in [1.807, 2.05) is 6.08 Å². The molecule has 6 unspecified atom stereocenters. The van der Waals surface area contributed by atoms with Crippen molar-refractivity contribution in [2.45, 2.75) is 28.5 Å². The number of imide groups is 2. The second kappa shape index (κ2) is 10.6. The minimum Gasteiger partial charge on any atom is -0.491 e. The number of amides is 4. The number of carbonyl (C=O) groups is 4. The van der Waals surface area contributed by atoms with Crippen molar-refractivity contribution in [1.29, 1.82) is 0 Å². The van der Waals surface area contributed by atoms with Crippen LogP contribution in [0.5, 0.6) is 5.75 Å². The number of benzene rings is 2. The van der Waals surface area contributed by atoms with Crippen molar-refractivity contribution in [2.24, 2.45) is 17.8 Å². The molecule has 4 aliphatic rings. The highest BCUT2D eigenvalue weighted by molar-refractivity contribution is 9.09. The number of ether oxygens (including phenoxy) is 1. The molecule has 8 nitrogen and oxygen atoms in total. The van der Waals surface area contributed by atoms with Crippen LogP contribution in [0.4, 0.5) is 5.69 Å². The molecule has 2 aromatic rings. The maximum Gasteiger partial charge on any atom is 0.254 e. The molecule has 3 fully saturated rings. The number of rotatable bonds is 7. The zero-order valence-electron chi connectivity index (χ0n) is 22.3. The van der Waals surface area contributed by atoms with E-state index < -0.39 is 45.2 Å². The van der Waals surface area contributed by atoms with Crippen LogP contribution in [0.25, 0.3) is 6.08 Å². The Balaban J connectivity index is 1.46. The molecule has 6 rings (SSSR count). The van der Waals surface area contributed by atoms with E-state index in [0.29, 0.717) is 22.6 Å². The van der Waals surface area contributed by atoms with Crippen LogP contribution in [0, 0.1) is 17.8 Å². The van der Waals surface area contributed by atoms with Crippen molar-refractivity contribution >= 4 is 74.5 Å². The van der Waals surface area contributed by atoms with Gasteiger partial charge in [-0.15, -0.1) is 23.2 Å². The Bertz CT molecular complexity index is 1530. The van der Waals surface area contributed by atoms with Crippen LogP contribution in [0.3, 0.4) is 0 Å². The smallest absolute Gasteiger partial charge is 0.254 e. The Kier molecular flexibility index (Phi) is 7.37. The molecule has 2 heterocycles. The number of aliphatic hydroxyl groups excluding tert-OH is 1. The quantitative estimate of drug-likeness (QED) is 0.199. The lowest BCUT2D eigenvalue weighted by molar-refractivity contribution is -0.138. The molecule has 0 spiro atoms. The largest absolute Gasteiger partial charge is 0.491 e. The first kappa shape index (κ1) is 29.1. The van der Waals surface area contributed by atoms with Crippen LogP contribution in [0.2, 0.25) is 0 Å². The standard InChI is InChI=1S/C31H27BrCl2N2O6/c1-2-17-3-7-19(8-4-17)36-26(38)22-12-11-21-23(24(22)27(36)39)15-30(33)28(40)35(16-32)29(41)31(30,34)25(21)18-5-9-20(10-6-18)42-14-13-37/h2-11,22-25,37H,1,12-16H2. The molecule has 2 aliphatic heterocycles. The van der Waals surface area contributed by atoms with Gasteiger partial charge in [0.1, 0.15) is 12.4 Å². The first-order valence-electron chi connectivity index (χ1n) is 13.6. The molecule has 1 saturated carbocycles. The van der Waals surface area contributed by atoms with Gasteiger partial charge in [-0.05, 0) is 54.2 Å². The normalized spacial score (nSPS) is 32.0. The van der Waals surface area contributed by atoms with Gasteiger partial charge >= 0.3 is 0 Å². The van der Waals surface area contributed by atoms with E-state index in [2.05, 4.69) is 22.5 Å². The summed E-state index contributed by atoms with van der Waals surface area (Å²) in [5.74, 6) is -4.30. The van der Waals surface area contributed by atoms with Gasteiger partial charge in [-0.3, -0.25) is 29.0 Å². The molecule has 218 valence electrons. The first-order chi connectivity index (χ1) is 20.1. The topological polar surface area (TPSA) is 104 Å². The maximum absolute atomic E-state index is 14.1. The highest BCUT2D eigenvalue weighted by Crippen LogP contribution is 2.65. The van der Waals surface area contributed by atoms with E-state index in [4.69, 9.17) is 33.0 Å². The average Bonchev–Trinajstić information content (AvgIpc) is 3.34. The second-order valence-electron chi connectivity index (χ2n) is 10.9. The molecular weight excluding hydrogens is 647 g/mol. The van der Waals surface area contributed by atoms with Crippen molar-refractivity contribution in [3.8, 4) is 5.75 Å². The van der Waals surface area contributed by atoms with Crippen LogP contribution < -0.4 is 9.64 Å². The summed E-state index contributed by atoms with van der Waals surface area (Å²) >= 11 is 17.7. The minimum absolute atomic E-state index is 0.0738. The number of hydrogen-bond acceptors (Lipinski definition) is 6. The average molecular weight is 674 g/mol. The number of alkyl halides is 3. The summed E-state index contributed by atoms with van der Waals surface area (Å²) in [6.45, 7) is 3.71. The molecule has 4 amide bonds. The summed E-state index contributed by atoms with van der Waals surface area (Å²) in [6.07, 6.45) is 3.78. The number of aliphatic hydroxyl groups is 1. The highest BCUT2D eigenvalue weighted by atomic mass is 79.9. The van der Waals surface area contributed by atoms with E-state index in [1.54, 1.807) is 54.6 Å². The molecule has 1 N–H and O–H groups in total. The fourth-order valence-electron chi connectivity index (χ4n) is 7.06. The van der Waals surface area contributed by atoms with Gasteiger partial charge in [-0.25, -0.2) is 0 Å². The number of allylic oxidation sites excluding steroid dienone is 2. The third-order valence-electron chi connectivity index (χ3n) is 8.98. The van der Waals surface area contributed by atoms with Gasteiger partial charge in [-0.2, -0.15) is 0 Å². The zero-order valence-corrected chi connectivity index (χ0v) is 25.4. The zero-order chi connectivity index (χ0) is 30.0. The van der Waals surface area contributed by atoms with E-state index in [1.165, 1.54) is 4.90 Å². The van der Waals surface area contributed by atoms with Gasteiger partial charge in [0.15, 0.2) is 9.75 Å². The third kappa shape index (κ3) is 3.97. The van der Waals surface area contributed by atoms with E-state index >= 15 is 0 Å². The number of fused-ring (bicyclic) bond motifs is 4. The van der Waals surface area contributed by atoms with E-state index in [-0.39, 0.29) is 43.3 Å². The first-order valence-corrected chi connectivity index (χ1v) is 15.4. The van der Waals surface area contributed by atoms with Crippen LogP contribution in [0.1, 0.15) is 29.9 Å². The van der Waals surface area contributed by atoms with Crippen molar-refractivity contribution in [3.63, 3.8) is 0 Å². The van der Waals surface area contributed by atoms with Gasteiger partial charge in [0.25, 0.3) is 11.8 Å². The molecule has 0 bridgehead atoms. The fourth-order valence-corrected chi connectivity index (χ4v) is 8.49. The number of nitrogens with zero attached hydrogens (tertiary/aromatic N) is 2. The molecule has 6 atom stereocenters. The second-order valence-corrected chi connectivity index (χ2v) is 12.7. The minimum atomic E-state index is -1.87. The Morgan fingerprint density at radius 3 is 2.31 bits per heavy atom. The molecule has 42 heavy (non-hydrogen) atoms. The predicted molar refractivity (Wildman–Crippen MR) is 161 cm³/mol. The Hall–Kier alpha value is -2.98. The lowest BCUT2D eigenvalue weighted by Crippen LogP contribution is -2.60. The lowest BCUT2D eigenvalue weighted by Gasteiger charge is -2.50. The SMILES string of the molecule is C=Cc1ccc(N2C(=O)C3CC=C4C(CC5(Cl)C(=O)N(CBr)C(=O)C5(Cl)C4c4ccc(OCCO)cc4)C3C2=O)cc1. The van der Waals surface area contributed by atoms with E-state index in [0.717, 1.165) is 10.5 Å². The monoisotopic (exact) mass is 672 g/mol. The van der Waals surface area contributed by atoms with Gasteiger partial charge in [0, 0.05) is 5.92 Å². The number of hydrogen-bond donors (Lipinski definition) is 1. The molecular formula is C31H27BrCl2N2O6. The summed E-state index contributed by atoms with van der Waals surface area (Å²) in [7, 11) is 0. The molecule has 2 aromatic carbocycles. The summed E-state index contributed by atoms with van der Waals surface area (Å²) in [4.78, 5) is 53.8. The summed E-state index contributed by atoms with van der Waals surface area (Å²) in [5, 5.41) is 9.11. The molecule has 2 saturated heterocycles. The van der Waals surface area contributed by atoms with Crippen LogP contribution in [0.15, 0.2) is 66.8 Å². The number of carbonyl (C=O) groups excluding carboxylic acids is 4. The summed E-state index contributed by atoms with van der Waals surface area (Å²) in [5.41, 5.74) is 2.56. The van der Waals surface area contributed by atoms with Gasteiger partial charge in [0.05, 0.1) is 29.6 Å².